The molecule has 0 bridgehead atoms. The van der Waals surface area contributed by atoms with Crippen molar-refractivity contribution in [2.75, 3.05) is 7.11 Å². The molecule has 0 unspecified atom stereocenters. The van der Waals surface area contributed by atoms with Crippen LogP contribution in [0.25, 0.3) is 11.1 Å². The van der Waals surface area contributed by atoms with E-state index in [4.69, 9.17) is 4.74 Å². The van der Waals surface area contributed by atoms with Crippen molar-refractivity contribution in [1.29, 1.82) is 0 Å². The molecule has 0 radical (unpaired) electrons. The van der Waals surface area contributed by atoms with Gasteiger partial charge in [0.2, 0.25) is 0 Å². The van der Waals surface area contributed by atoms with Gasteiger partial charge in [-0.05, 0) is 35.7 Å². The van der Waals surface area contributed by atoms with E-state index in [-0.39, 0.29) is 6.54 Å². The van der Waals surface area contributed by atoms with Gasteiger partial charge in [-0.2, -0.15) is 13.2 Å². The summed E-state index contributed by atoms with van der Waals surface area (Å²) in [6, 6.07) is 12.7. The fourth-order valence-electron chi connectivity index (χ4n) is 2.13. The number of hydrogen-bond donors (Lipinski definition) is 1. The van der Waals surface area contributed by atoms with Crippen LogP contribution in [0.1, 0.15) is 11.1 Å². The van der Waals surface area contributed by atoms with Crippen molar-refractivity contribution < 1.29 is 22.7 Å². The first-order valence-corrected chi connectivity index (χ1v) is 6.90. The number of amides is 1. The molecule has 2 aromatic carbocycles. The Morgan fingerprint density at radius 2 is 1.78 bits per heavy atom. The first-order valence-electron chi connectivity index (χ1n) is 6.90. The van der Waals surface area contributed by atoms with Crippen LogP contribution in [-0.4, -0.2) is 19.2 Å². The lowest BCUT2D eigenvalue weighted by Gasteiger charge is -2.14. The van der Waals surface area contributed by atoms with E-state index in [2.05, 4.69) is 0 Å². The van der Waals surface area contributed by atoms with Crippen molar-refractivity contribution in [2.24, 2.45) is 0 Å². The van der Waals surface area contributed by atoms with Gasteiger partial charge in [-0.3, -0.25) is 4.79 Å². The molecule has 0 aromatic heterocycles. The fourth-order valence-corrected chi connectivity index (χ4v) is 2.13. The summed E-state index contributed by atoms with van der Waals surface area (Å²) in [7, 11) is 1.47. The summed E-state index contributed by atoms with van der Waals surface area (Å²) in [5.74, 6) is -1.45. The van der Waals surface area contributed by atoms with Crippen LogP contribution in [0, 0.1) is 6.92 Å². The molecule has 3 nitrogen and oxygen atoms in total. The molecule has 0 fully saturated rings. The lowest BCUT2D eigenvalue weighted by atomic mass is 9.98. The maximum absolute atomic E-state index is 12.3. The van der Waals surface area contributed by atoms with Crippen LogP contribution in [0.15, 0.2) is 42.5 Å². The molecule has 0 spiro atoms. The van der Waals surface area contributed by atoms with E-state index in [0.29, 0.717) is 11.3 Å². The zero-order valence-electron chi connectivity index (χ0n) is 12.7. The van der Waals surface area contributed by atoms with Gasteiger partial charge in [0, 0.05) is 6.54 Å². The Morgan fingerprint density at radius 3 is 2.35 bits per heavy atom. The highest BCUT2D eigenvalue weighted by molar-refractivity contribution is 5.82. The second kappa shape index (κ2) is 6.73. The second-order valence-electron chi connectivity index (χ2n) is 5.07. The summed E-state index contributed by atoms with van der Waals surface area (Å²) in [6.45, 7) is 1.71. The van der Waals surface area contributed by atoms with Gasteiger partial charge in [-0.25, -0.2) is 0 Å². The van der Waals surface area contributed by atoms with Crippen molar-refractivity contribution in [1.82, 2.24) is 5.32 Å². The highest BCUT2D eigenvalue weighted by Crippen LogP contribution is 2.28. The molecule has 2 aromatic rings. The smallest absolute Gasteiger partial charge is 0.471 e. The van der Waals surface area contributed by atoms with Crippen LogP contribution in [0.5, 0.6) is 5.75 Å². The third-order valence-corrected chi connectivity index (χ3v) is 3.37. The third-order valence-electron chi connectivity index (χ3n) is 3.37. The quantitative estimate of drug-likeness (QED) is 0.928. The Morgan fingerprint density at radius 1 is 1.13 bits per heavy atom. The molecule has 122 valence electrons. The van der Waals surface area contributed by atoms with E-state index < -0.39 is 12.1 Å². The Labute approximate surface area is 132 Å². The number of halogens is 3. The molecule has 1 N–H and O–H groups in total. The summed E-state index contributed by atoms with van der Waals surface area (Å²) in [6.07, 6.45) is -4.90. The highest BCUT2D eigenvalue weighted by atomic mass is 19.4. The number of hydrogen-bond acceptors (Lipinski definition) is 2. The number of carbonyl (C=O) groups is 1. The molecule has 1 amide bonds. The average molecular weight is 323 g/mol. The SMILES string of the molecule is COc1ccc(-c2ccc(C)cc2)c(CNC(=O)C(F)(F)F)c1. The topological polar surface area (TPSA) is 38.3 Å². The lowest BCUT2D eigenvalue weighted by molar-refractivity contribution is -0.173. The van der Waals surface area contributed by atoms with Crippen molar-refractivity contribution in [2.45, 2.75) is 19.6 Å². The molecule has 0 heterocycles. The van der Waals surface area contributed by atoms with Crippen LogP contribution < -0.4 is 10.1 Å². The molecule has 0 aliphatic carbocycles. The number of aryl methyl sites for hydroxylation is 1. The first-order chi connectivity index (χ1) is 10.8. The maximum Gasteiger partial charge on any atom is 0.471 e. The van der Waals surface area contributed by atoms with Gasteiger partial charge in [-0.15, -0.1) is 0 Å². The highest BCUT2D eigenvalue weighted by Gasteiger charge is 2.38. The van der Waals surface area contributed by atoms with E-state index in [9.17, 15) is 18.0 Å². The van der Waals surface area contributed by atoms with Crippen LogP contribution >= 0.6 is 0 Å². The molecular weight excluding hydrogens is 307 g/mol. The van der Waals surface area contributed by atoms with Crippen molar-refractivity contribution in [3.05, 3.63) is 53.6 Å². The molecule has 0 atom stereocenters. The van der Waals surface area contributed by atoms with Gasteiger partial charge >= 0.3 is 12.1 Å². The van der Waals surface area contributed by atoms with E-state index in [1.165, 1.54) is 7.11 Å². The zero-order chi connectivity index (χ0) is 17.0. The second-order valence-corrected chi connectivity index (χ2v) is 5.07. The molecular formula is C17H16F3NO2. The van der Waals surface area contributed by atoms with Crippen molar-refractivity contribution in [3.8, 4) is 16.9 Å². The maximum atomic E-state index is 12.3. The van der Waals surface area contributed by atoms with Gasteiger partial charge in [0.25, 0.3) is 0 Å². The van der Waals surface area contributed by atoms with Crippen LogP contribution in [0.3, 0.4) is 0 Å². The number of methoxy groups -OCH3 is 1. The van der Waals surface area contributed by atoms with Gasteiger partial charge in [0.15, 0.2) is 0 Å². The molecule has 23 heavy (non-hydrogen) atoms. The third kappa shape index (κ3) is 4.25. The van der Waals surface area contributed by atoms with E-state index >= 15 is 0 Å². The Hall–Kier alpha value is -2.50. The van der Waals surface area contributed by atoms with Crippen LogP contribution in [0.2, 0.25) is 0 Å². The van der Waals surface area contributed by atoms with E-state index in [0.717, 1.165) is 16.7 Å². The van der Waals surface area contributed by atoms with E-state index in [1.54, 1.807) is 18.2 Å². The minimum Gasteiger partial charge on any atom is -0.497 e. The van der Waals surface area contributed by atoms with E-state index in [1.807, 2.05) is 36.5 Å². The predicted octanol–water partition coefficient (Wildman–Crippen LogP) is 3.85. The minimum atomic E-state index is -4.90. The summed E-state index contributed by atoms with van der Waals surface area (Å²) in [5.41, 5.74) is 3.22. The first kappa shape index (κ1) is 16.9. The summed E-state index contributed by atoms with van der Waals surface area (Å²) in [5, 5.41) is 1.89. The summed E-state index contributed by atoms with van der Waals surface area (Å²) < 4.78 is 42.1. The van der Waals surface area contributed by atoms with Crippen LogP contribution in [-0.2, 0) is 11.3 Å². The average Bonchev–Trinajstić information content (AvgIpc) is 2.52. The Kier molecular flexibility index (Phi) is 4.93. The monoisotopic (exact) mass is 323 g/mol. The van der Waals surface area contributed by atoms with Gasteiger partial charge in [0.05, 0.1) is 7.11 Å². The molecule has 2 rings (SSSR count). The Balaban J connectivity index is 2.32. The van der Waals surface area contributed by atoms with Crippen LogP contribution in [0.4, 0.5) is 13.2 Å². The number of rotatable bonds is 4. The number of benzene rings is 2. The van der Waals surface area contributed by atoms with Gasteiger partial charge < -0.3 is 10.1 Å². The summed E-state index contributed by atoms with van der Waals surface area (Å²) >= 11 is 0. The summed E-state index contributed by atoms with van der Waals surface area (Å²) in [4.78, 5) is 11.0. The molecule has 0 saturated heterocycles. The number of carbonyl (C=O) groups excluding carboxylic acids is 1. The minimum absolute atomic E-state index is 0.237. The number of nitrogens with one attached hydrogen (secondary N) is 1. The molecule has 0 aliphatic heterocycles. The number of alkyl halides is 3. The predicted molar refractivity (Wildman–Crippen MR) is 81.1 cm³/mol. The zero-order valence-corrected chi connectivity index (χ0v) is 12.7. The van der Waals surface area contributed by atoms with Gasteiger partial charge in [-0.1, -0.05) is 35.9 Å². The van der Waals surface area contributed by atoms with Crippen molar-refractivity contribution in [3.63, 3.8) is 0 Å². The van der Waals surface area contributed by atoms with Crippen molar-refractivity contribution >= 4 is 5.91 Å². The number of ether oxygens (including phenoxy) is 1. The lowest BCUT2D eigenvalue weighted by Crippen LogP contribution is -2.36. The van der Waals surface area contributed by atoms with Gasteiger partial charge in [0.1, 0.15) is 5.75 Å². The largest absolute Gasteiger partial charge is 0.497 e. The normalized spacial score (nSPS) is 11.2. The molecule has 0 saturated carbocycles. The molecule has 6 heteroatoms. The standard InChI is InChI=1S/C17H16F3NO2/c1-11-3-5-12(6-4-11)15-8-7-14(23-2)9-13(15)10-21-16(22)17(18,19)20/h3-9H,10H2,1-2H3,(H,21,22). The fraction of sp³-hybridized carbons (Fsp3) is 0.235. The Bertz CT molecular complexity index is 694. The molecule has 0 aliphatic rings.